The zero-order valence-electron chi connectivity index (χ0n) is 25.6. The quantitative estimate of drug-likeness (QED) is 0.192. The molecular formula is C29H49N5O6. The number of carbonyl (C=O) groups is 4. The van der Waals surface area contributed by atoms with Gasteiger partial charge in [-0.3, -0.25) is 9.59 Å². The first kappa shape index (κ1) is 34.7. The third-order valence-corrected chi connectivity index (χ3v) is 5.44. The molecule has 0 radical (unpaired) electrons. The van der Waals surface area contributed by atoms with Gasteiger partial charge in [-0.25, -0.2) is 9.59 Å². The van der Waals surface area contributed by atoms with E-state index in [1.165, 1.54) is 0 Å². The fourth-order valence-electron chi connectivity index (χ4n) is 3.50. The number of rotatable bonds is 12. The summed E-state index contributed by atoms with van der Waals surface area (Å²) in [6.07, 6.45) is 0.307. The molecule has 1 aromatic carbocycles. The summed E-state index contributed by atoms with van der Waals surface area (Å²) in [4.78, 5) is 52.3. The van der Waals surface area contributed by atoms with Gasteiger partial charge >= 0.3 is 12.0 Å². The second-order valence-electron chi connectivity index (χ2n) is 12.7. The number of urea groups is 1. The minimum absolute atomic E-state index is 0.0427. The Morgan fingerprint density at radius 3 is 1.82 bits per heavy atom. The van der Waals surface area contributed by atoms with Crippen molar-refractivity contribution in [1.29, 1.82) is 0 Å². The van der Waals surface area contributed by atoms with Gasteiger partial charge in [0.05, 0.1) is 12.2 Å². The molecule has 3 atom stereocenters. The summed E-state index contributed by atoms with van der Waals surface area (Å²) >= 11 is 0. The summed E-state index contributed by atoms with van der Waals surface area (Å²) < 4.78 is 11.3. The first-order valence-corrected chi connectivity index (χ1v) is 13.7. The van der Waals surface area contributed by atoms with Crippen LogP contribution in [0.25, 0.3) is 0 Å². The van der Waals surface area contributed by atoms with Gasteiger partial charge in [0.15, 0.2) is 0 Å². The van der Waals surface area contributed by atoms with Gasteiger partial charge in [0.2, 0.25) is 11.8 Å². The number of benzene rings is 1. The van der Waals surface area contributed by atoms with Gasteiger partial charge in [0.25, 0.3) is 0 Å². The van der Waals surface area contributed by atoms with E-state index in [2.05, 4.69) is 21.3 Å². The molecule has 6 N–H and O–H groups in total. The number of anilines is 2. The van der Waals surface area contributed by atoms with E-state index in [1.807, 2.05) is 34.6 Å². The molecule has 11 heteroatoms. The minimum Gasteiger partial charge on any atom is -0.458 e. The number of nitrogen functional groups attached to an aromatic ring is 1. The van der Waals surface area contributed by atoms with Crippen molar-refractivity contribution in [2.75, 3.05) is 17.7 Å². The molecule has 226 valence electrons. The fraction of sp³-hybridized carbons (Fsp3) is 0.655. The molecule has 4 amide bonds. The van der Waals surface area contributed by atoms with Crippen LogP contribution in [-0.4, -0.2) is 59.7 Å². The van der Waals surface area contributed by atoms with Gasteiger partial charge in [0, 0.05) is 11.4 Å². The number of carbonyl (C=O) groups excluding carboxylic acids is 4. The van der Waals surface area contributed by atoms with E-state index in [9.17, 15) is 19.2 Å². The van der Waals surface area contributed by atoms with Crippen LogP contribution in [0.1, 0.15) is 75.7 Å². The zero-order valence-corrected chi connectivity index (χ0v) is 25.6. The van der Waals surface area contributed by atoms with E-state index in [1.54, 1.807) is 58.9 Å². The molecule has 0 unspecified atom stereocenters. The van der Waals surface area contributed by atoms with Crippen molar-refractivity contribution in [1.82, 2.24) is 16.0 Å². The summed E-state index contributed by atoms with van der Waals surface area (Å²) in [5, 5.41) is 10.8. The topological polar surface area (TPSA) is 161 Å². The molecule has 0 aliphatic carbocycles. The molecule has 0 aromatic heterocycles. The first-order valence-electron chi connectivity index (χ1n) is 13.7. The van der Waals surface area contributed by atoms with Crippen molar-refractivity contribution in [3.05, 3.63) is 24.3 Å². The van der Waals surface area contributed by atoms with Crippen LogP contribution in [0.3, 0.4) is 0 Å². The maximum absolute atomic E-state index is 13.4. The highest BCUT2D eigenvalue weighted by molar-refractivity contribution is 5.96. The van der Waals surface area contributed by atoms with Gasteiger partial charge in [0.1, 0.15) is 23.7 Å². The predicted molar refractivity (Wildman–Crippen MR) is 157 cm³/mol. The molecule has 0 saturated heterocycles. The Balaban J connectivity index is 3.09. The van der Waals surface area contributed by atoms with Crippen LogP contribution in [0.5, 0.6) is 0 Å². The van der Waals surface area contributed by atoms with Gasteiger partial charge in [-0.05, 0) is 84.1 Å². The SMILES string of the molecule is CC(C)C[C@H](NC(=O)[C@H](COC(C)(C)C)NC(=O)Nc1ccc(N)cc1)C(=O)N[C@H](C(=O)OC(C)(C)C)C(C)C. The lowest BCUT2D eigenvalue weighted by Crippen LogP contribution is -2.58. The van der Waals surface area contributed by atoms with Crippen molar-refractivity contribution < 1.29 is 28.7 Å². The lowest BCUT2D eigenvalue weighted by molar-refractivity contribution is -0.160. The van der Waals surface area contributed by atoms with E-state index in [0.717, 1.165) is 0 Å². The van der Waals surface area contributed by atoms with Crippen molar-refractivity contribution in [3.8, 4) is 0 Å². The lowest BCUT2D eigenvalue weighted by atomic mass is 10.00. The van der Waals surface area contributed by atoms with Crippen LogP contribution >= 0.6 is 0 Å². The first-order chi connectivity index (χ1) is 18.3. The summed E-state index contributed by atoms with van der Waals surface area (Å²) in [5.41, 5.74) is 5.42. The molecule has 0 saturated carbocycles. The summed E-state index contributed by atoms with van der Waals surface area (Å²) in [7, 11) is 0. The van der Waals surface area contributed by atoms with Crippen LogP contribution in [0, 0.1) is 11.8 Å². The van der Waals surface area contributed by atoms with Crippen molar-refractivity contribution in [2.24, 2.45) is 11.8 Å². The summed E-state index contributed by atoms with van der Waals surface area (Å²) in [6, 6.07) is 2.94. The Morgan fingerprint density at radius 2 is 1.35 bits per heavy atom. The number of nitrogens with one attached hydrogen (secondary N) is 4. The second-order valence-corrected chi connectivity index (χ2v) is 12.7. The zero-order chi connectivity index (χ0) is 30.8. The Kier molecular flexibility index (Phi) is 12.9. The number of nitrogens with two attached hydrogens (primary N) is 1. The van der Waals surface area contributed by atoms with E-state index in [0.29, 0.717) is 17.8 Å². The van der Waals surface area contributed by atoms with Gasteiger partial charge in [-0.15, -0.1) is 0 Å². The van der Waals surface area contributed by atoms with Crippen LogP contribution in [-0.2, 0) is 23.9 Å². The molecule has 0 aliphatic rings. The summed E-state index contributed by atoms with van der Waals surface area (Å²) in [5.74, 6) is -1.88. The molecular weight excluding hydrogens is 514 g/mol. The Morgan fingerprint density at radius 1 is 0.800 bits per heavy atom. The Labute approximate surface area is 238 Å². The average Bonchev–Trinajstić information content (AvgIpc) is 2.78. The van der Waals surface area contributed by atoms with Crippen molar-refractivity contribution in [3.63, 3.8) is 0 Å². The van der Waals surface area contributed by atoms with Crippen molar-refractivity contribution in [2.45, 2.75) is 105 Å². The van der Waals surface area contributed by atoms with Crippen molar-refractivity contribution >= 4 is 35.2 Å². The van der Waals surface area contributed by atoms with Crippen LogP contribution < -0.4 is 27.0 Å². The van der Waals surface area contributed by atoms with E-state index in [-0.39, 0.29) is 18.4 Å². The predicted octanol–water partition coefficient (Wildman–Crippen LogP) is 3.59. The fourth-order valence-corrected chi connectivity index (χ4v) is 3.50. The molecule has 0 heterocycles. The Bertz CT molecular complexity index is 996. The molecule has 0 fully saturated rings. The van der Waals surface area contributed by atoms with E-state index < -0.39 is 53.1 Å². The maximum atomic E-state index is 13.4. The number of ether oxygens (including phenoxy) is 2. The number of esters is 1. The normalized spacial score (nSPS) is 14.2. The van der Waals surface area contributed by atoms with E-state index >= 15 is 0 Å². The van der Waals surface area contributed by atoms with Gasteiger partial charge < -0.3 is 36.5 Å². The third-order valence-electron chi connectivity index (χ3n) is 5.44. The van der Waals surface area contributed by atoms with Crippen LogP contribution in [0.15, 0.2) is 24.3 Å². The molecule has 0 aliphatic heterocycles. The number of amides is 4. The maximum Gasteiger partial charge on any atom is 0.329 e. The molecule has 40 heavy (non-hydrogen) atoms. The second kappa shape index (κ2) is 14.9. The highest BCUT2D eigenvalue weighted by Gasteiger charge is 2.34. The minimum atomic E-state index is -1.11. The molecule has 0 spiro atoms. The molecule has 11 nitrogen and oxygen atoms in total. The molecule has 1 aromatic rings. The number of hydrogen-bond acceptors (Lipinski definition) is 7. The largest absolute Gasteiger partial charge is 0.458 e. The average molecular weight is 564 g/mol. The summed E-state index contributed by atoms with van der Waals surface area (Å²) in [6.45, 7) is 18.0. The van der Waals surface area contributed by atoms with Crippen LogP contribution in [0.2, 0.25) is 0 Å². The highest BCUT2D eigenvalue weighted by atomic mass is 16.6. The van der Waals surface area contributed by atoms with Crippen LogP contribution in [0.4, 0.5) is 16.2 Å². The monoisotopic (exact) mass is 563 g/mol. The highest BCUT2D eigenvalue weighted by Crippen LogP contribution is 2.15. The standard InChI is InChI=1S/C29H49N5O6/c1-17(2)15-21(24(35)34-23(18(3)4)26(37)40-29(8,9)10)32-25(36)22(16-39-28(5,6)7)33-27(38)31-20-13-11-19(30)12-14-20/h11-14,17-18,21-23H,15-16,30H2,1-10H3,(H,32,36)(H,34,35)(H2,31,33,38)/t21-,22-,23-/m0/s1. The van der Waals surface area contributed by atoms with E-state index in [4.69, 9.17) is 15.2 Å². The number of hydrogen-bond donors (Lipinski definition) is 5. The smallest absolute Gasteiger partial charge is 0.329 e. The molecule has 0 bridgehead atoms. The lowest BCUT2D eigenvalue weighted by Gasteiger charge is -2.29. The molecule has 1 rings (SSSR count). The van der Waals surface area contributed by atoms with Gasteiger partial charge in [-0.1, -0.05) is 27.7 Å². The third kappa shape index (κ3) is 13.6. The Hall–Kier alpha value is -3.34. The van der Waals surface area contributed by atoms with Gasteiger partial charge in [-0.2, -0.15) is 0 Å².